The molecule has 0 aromatic heterocycles. The minimum Gasteiger partial charge on any atom is -0.735 e. The summed E-state index contributed by atoms with van der Waals surface area (Å²) in [6, 6.07) is -0.230. The van der Waals surface area contributed by atoms with Crippen molar-refractivity contribution < 1.29 is 36.6 Å². The van der Waals surface area contributed by atoms with Gasteiger partial charge in [0.15, 0.2) is 10.3 Å². The second kappa shape index (κ2) is 5.22. The predicted octanol–water partition coefficient (Wildman–Crippen LogP) is -3.78. The minimum atomic E-state index is -4.28. The van der Waals surface area contributed by atoms with E-state index in [9.17, 15) is 13.0 Å². The number of nitrogens with one attached hydrogen (secondary N) is 1. The molecular weight excluding hydrogens is 177 g/mol. The first-order valence-corrected chi connectivity index (χ1v) is 4.79. The van der Waals surface area contributed by atoms with E-state index in [4.69, 9.17) is 4.74 Å². The van der Waals surface area contributed by atoms with Crippen molar-refractivity contribution in [1.82, 2.24) is 4.72 Å². The Morgan fingerprint density at radius 3 is 2.25 bits per heavy atom. The summed E-state index contributed by atoms with van der Waals surface area (Å²) >= 11 is 0. The summed E-state index contributed by atoms with van der Waals surface area (Å²) < 4.78 is 37.5. The zero-order valence-electron chi connectivity index (χ0n) is 6.95. The molecule has 0 aliphatic carbocycles. The third kappa shape index (κ3) is 5.14. The van der Waals surface area contributed by atoms with Gasteiger partial charge in [-0.3, -0.25) is 0 Å². The molecule has 12 heavy (non-hydrogen) atoms. The quantitative estimate of drug-likeness (QED) is 0.355. The van der Waals surface area contributed by atoms with E-state index < -0.39 is 10.3 Å². The van der Waals surface area contributed by atoms with Crippen molar-refractivity contribution in [3.05, 3.63) is 0 Å². The summed E-state index contributed by atoms with van der Waals surface area (Å²) in [5.41, 5.74) is 0. The summed E-state index contributed by atoms with van der Waals surface area (Å²) in [5, 5.41) is 0. The molecule has 1 heterocycles. The molecule has 5 nitrogen and oxygen atoms in total. The molecule has 0 atom stereocenters. The Kier molecular flexibility index (Phi) is 5.41. The minimum absolute atomic E-state index is 0. The van der Waals surface area contributed by atoms with Gasteiger partial charge in [0.1, 0.15) is 0 Å². The summed E-state index contributed by atoms with van der Waals surface area (Å²) in [7, 11) is -4.28. The average molecular weight is 187 g/mol. The Balaban J connectivity index is 0.00000121. The van der Waals surface area contributed by atoms with Gasteiger partial charge in [0.2, 0.25) is 0 Å². The smallest absolute Gasteiger partial charge is 0.735 e. The molecule has 7 heteroatoms. The van der Waals surface area contributed by atoms with Crippen LogP contribution in [0.5, 0.6) is 0 Å². The third-order valence-electron chi connectivity index (χ3n) is 1.53. The number of ether oxygens (including phenoxy) is 1. The summed E-state index contributed by atoms with van der Waals surface area (Å²) in [6.45, 7) is 1.04. The van der Waals surface area contributed by atoms with Crippen LogP contribution < -0.4 is 23.6 Å². The molecule has 1 aliphatic rings. The largest absolute Gasteiger partial charge is 1.00 e. The number of hydrogen-bond donors (Lipinski definition) is 1. The van der Waals surface area contributed by atoms with Gasteiger partial charge in [0.05, 0.1) is 0 Å². The predicted molar refractivity (Wildman–Crippen MR) is 36.7 cm³/mol. The van der Waals surface area contributed by atoms with Gasteiger partial charge in [-0.15, -0.1) is 0 Å². The summed E-state index contributed by atoms with van der Waals surface area (Å²) in [4.78, 5) is 0. The molecule has 0 aromatic rings. The van der Waals surface area contributed by atoms with Crippen LogP contribution in [0, 0.1) is 0 Å². The molecule has 1 fully saturated rings. The normalized spacial score (nSPS) is 20.1. The van der Waals surface area contributed by atoms with Gasteiger partial charge in [-0.25, -0.2) is 13.1 Å². The van der Waals surface area contributed by atoms with Crippen molar-refractivity contribution in [3.8, 4) is 0 Å². The monoisotopic (exact) mass is 187 g/mol. The van der Waals surface area contributed by atoms with Crippen molar-refractivity contribution in [1.29, 1.82) is 0 Å². The molecule has 0 radical (unpaired) electrons. The first-order valence-electron chi connectivity index (χ1n) is 3.39. The first kappa shape index (κ1) is 12.4. The van der Waals surface area contributed by atoms with Crippen LogP contribution in [-0.4, -0.2) is 32.2 Å². The van der Waals surface area contributed by atoms with Gasteiger partial charge in [-0.1, -0.05) is 0 Å². The molecule has 1 rings (SSSR count). The van der Waals surface area contributed by atoms with Crippen LogP contribution in [0.25, 0.3) is 0 Å². The van der Waals surface area contributed by atoms with E-state index in [2.05, 4.69) is 0 Å². The molecule has 0 bridgehead atoms. The molecule has 0 aromatic carbocycles. The van der Waals surface area contributed by atoms with Crippen LogP contribution in [0.3, 0.4) is 0 Å². The first-order chi connectivity index (χ1) is 5.08. The van der Waals surface area contributed by atoms with Crippen molar-refractivity contribution in [2.75, 3.05) is 13.2 Å². The Morgan fingerprint density at radius 1 is 1.33 bits per heavy atom. The van der Waals surface area contributed by atoms with Crippen molar-refractivity contribution >= 4 is 10.3 Å². The molecule has 0 amide bonds. The van der Waals surface area contributed by atoms with E-state index in [1.807, 2.05) is 4.72 Å². The SMILES string of the molecule is O=S(=O)([O-])NC1CCOCC1.[Li+]. The van der Waals surface area contributed by atoms with E-state index in [1.54, 1.807) is 0 Å². The fourth-order valence-corrected chi connectivity index (χ4v) is 1.66. The molecule has 0 unspecified atom stereocenters. The Hall–Kier alpha value is 0.427. The van der Waals surface area contributed by atoms with Gasteiger partial charge in [0, 0.05) is 19.3 Å². The van der Waals surface area contributed by atoms with Crippen LogP contribution in [0.2, 0.25) is 0 Å². The Bertz CT molecular complexity index is 211. The van der Waals surface area contributed by atoms with Gasteiger partial charge in [-0.05, 0) is 12.8 Å². The standard InChI is InChI=1S/C5H11NO4S.Li/c7-11(8,9)6-5-1-3-10-4-2-5;/h5-6H,1-4H2,(H,7,8,9);/q;+1/p-1. The Labute approximate surface area is 83.9 Å². The van der Waals surface area contributed by atoms with Crippen LogP contribution in [-0.2, 0) is 15.0 Å². The van der Waals surface area contributed by atoms with Gasteiger partial charge in [-0.2, -0.15) is 0 Å². The van der Waals surface area contributed by atoms with Crippen LogP contribution in [0.1, 0.15) is 12.8 Å². The number of rotatable bonds is 2. The zero-order chi connectivity index (χ0) is 8.32. The van der Waals surface area contributed by atoms with Gasteiger partial charge in [0.25, 0.3) is 0 Å². The van der Waals surface area contributed by atoms with Crippen molar-refractivity contribution in [2.24, 2.45) is 0 Å². The van der Waals surface area contributed by atoms with Crippen LogP contribution in [0.15, 0.2) is 0 Å². The fourth-order valence-electron chi connectivity index (χ4n) is 1.02. The summed E-state index contributed by atoms with van der Waals surface area (Å²) in [5.74, 6) is 0. The third-order valence-corrected chi connectivity index (χ3v) is 2.15. The maximum Gasteiger partial charge on any atom is 1.00 e. The molecule has 0 spiro atoms. The second-order valence-electron chi connectivity index (χ2n) is 2.46. The number of hydrogen-bond acceptors (Lipinski definition) is 4. The Morgan fingerprint density at radius 2 is 1.83 bits per heavy atom. The van der Waals surface area contributed by atoms with E-state index in [-0.39, 0.29) is 24.9 Å². The van der Waals surface area contributed by atoms with Gasteiger partial charge < -0.3 is 9.29 Å². The molecule has 1 saturated heterocycles. The zero-order valence-corrected chi connectivity index (χ0v) is 7.76. The topological polar surface area (TPSA) is 78.5 Å². The average Bonchev–Trinajstić information content (AvgIpc) is 1.85. The summed E-state index contributed by atoms with van der Waals surface area (Å²) in [6.07, 6.45) is 1.17. The van der Waals surface area contributed by atoms with Crippen LogP contribution >= 0.6 is 0 Å². The van der Waals surface area contributed by atoms with Crippen molar-refractivity contribution in [2.45, 2.75) is 18.9 Å². The molecule has 1 aliphatic heterocycles. The second-order valence-corrected chi connectivity index (χ2v) is 3.60. The van der Waals surface area contributed by atoms with Gasteiger partial charge >= 0.3 is 18.9 Å². The molecule has 1 N–H and O–H groups in total. The van der Waals surface area contributed by atoms with Crippen molar-refractivity contribution in [3.63, 3.8) is 0 Å². The fraction of sp³-hybridized carbons (Fsp3) is 1.00. The van der Waals surface area contributed by atoms with E-state index >= 15 is 0 Å². The molecule has 66 valence electrons. The van der Waals surface area contributed by atoms with E-state index in [0.717, 1.165) is 0 Å². The maximum atomic E-state index is 10.2. The molecule has 0 saturated carbocycles. The maximum absolute atomic E-state index is 10.2. The van der Waals surface area contributed by atoms with E-state index in [1.165, 1.54) is 0 Å². The van der Waals surface area contributed by atoms with Crippen LogP contribution in [0.4, 0.5) is 0 Å². The molecular formula is C5H10LiNO4S. The van der Waals surface area contributed by atoms with E-state index in [0.29, 0.717) is 26.1 Å².